The first-order valence-corrected chi connectivity index (χ1v) is 9.52. The van der Waals surface area contributed by atoms with E-state index >= 15 is 0 Å². The molecular weight excluding hydrogens is 350 g/mol. The topological polar surface area (TPSA) is 71.5 Å². The van der Waals surface area contributed by atoms with Crippen LogP contribution in [0.4, 0.5) is 5.69 Å². The summed E-state index contributed by atoms with van der Waals surface area (Å²) in [5.41, 5.74) is 1.67. The highest BCUT2D eigenvalue weighted by Gasteiger charge is 2.26. The van der Waals surface area contributed by atoms with Crippen molar-refractivity contribution >= 4 is 29.3 Å². The molecule has 1 N–H and O–H groups in total. The number of fused-ring (bicyclic) bond motifs is 1. The van der Waals surface area contributed by atoms with Crippen LogP contribution in [0.3, 0.4) is 0 Å². The van der Waals surface area contributed by atoms with E-state index in [1.807, 2.05) is 30.3 Å². The monoisotopic (exact) mass is 371 g/mol. The Labute approximate surface area is 156 Å². The van der Waals surface area contributed by atoms with Crippen LogP contribution in [0.5, 0.6) is 5.75 Å². The lowest BCUT2D eigenvalue weighted by molar-refractivity contribution is -0.123. The van der Waals surface area contributed by atoms with Gasteiger partial charge < -0.3 is 10.1 Å². The van der Waals surface area contributed by atoms with Gasteiger partial charge in [-0.25, -0.2) is 4.98 Å². The van der Waals surface area contributed by atoms with Gasteiger partial charge in [-0.1, -0.05) is 30.8 Å². The minimum atomic E-state index is -0.202. The van der Waals surface area contributed by atoms with E-state index in [9.17, 15) is 9.59 Å². The number of nitrogens with zero attached hydrogens (tertiary/aromatic N) is 2. The summed E-state index contributed by atoms with van der Waals surface area (Å²) in [6, 6.07) is 11.2. The Morgan fingerprint density at radius 2 is 2.12 bits per heavy atom. The van der Waals surface area contributed by atoms with Gasteiger partial charge in [-0.3, -0.25) is 14.5 Å². The van der Waals surface area contributed by atoms with Crippen LogP contribution in [0.2, 0.25) is 0 Å². The highest BCUT2D eigenvalue weighted by molar-refractivity contribution is 8.00. The molecule has 0 radical (unpaired) electrons. The molecule has 3 rings (SSSR count). The molecule has 0 aliphatic carbocycles. The number of carbonyl (C=O) groups excluding carboxylic acids is 2. The van der Waals surface area contributed by atoms with E-state index in [1.54, 1.807) is 12.3 Å². The lowest BCUT2D eigenvalue weighted by Gasteiger charge is -2.27. The van der Waals surface area contributed by atoms with Crippen molar-refractivity contribution < 1.29 is 14.3 Å². The second-order valence-electron chi connectivity index (χ2n) is 5.87. The second kappa shape index (κ2) is 8.71. The summed E-state index contributed by atoms with van der Waals surface area (Å²) in [6.45, 7) is 3.15. The number of amides is 2. The molecule has 26 heavy (non-hydrogen) atoms. The molecule has 1 aromatic heterocycles. The van der Waals surface area contributed by atoms with E-state index in [-0.39, 0.29) is 18.4 Å². The standard InChI is InChI=1S/C19H21N3O3S/c1-2-10-25-15-7-5-14(6-8-15)11-21-17(23)12-22-16-4-3-9-20-19(16)26-13-18(22)24/h3-9H,2,10-13H2,1H3,(H,21,23). The van der Waals surface area contributed by atoms with Crippen molar-refractivity contribution in [3.63, 3.8) is 0 Å². The van der Waals surface area contributed by atoms with Gasteiger partial charge >= 0.3 is 0 Å². The molecule has 1 aliphatic rings. The second-order valence-corrected chi connectivity index (χ2v) is 6.83. The van der Waals surface area contributed by atoms with E-state index in [4.69, 9.17) is 4.74 Å². The van der Waals surface area contributed by atoms with Crippen LogP contribution in [0, 0.1) is 0 Å². The zero-order valence-corrected chi connectivity index (χ0v) is 15.4. The molecule has 0 bridgehead atoms. The van der Waals surface area contributed by atoms with Crippen LogP contribution in [-0.2, 0) is 16.1 Å². The fourth-order valence-electron chi connectivity index (χ4n) is 2.54. The number of aromatic nitrogens is 1. The van der Waals surface area contributed by atoms with Crippen molar-refractivity contribution in [3.05, 3.63) is 48.2 Å². The molecule has 1 aliphatic heterocycles. The Balaban J connectivity index is 1.55. The fraction of sp³-hybridized carbons (Fsp3) is 0.316. The molecule has 7 heteroatoms. The van der Waals surface area contributed by atoms with Crippen molar-refractivity contribution in [2.45, 2.75) is 24.9 Å². The molecular formula is C19H21N3O3S. The Morgan fingerprint density at radius 3 is 2.88 bits per heavy atom. The Hall–Kier alpha value is -2.54. The summed E-state index contributed by atoms with van der Waals surface area (Å²) in [5, 5.41) is 3.64. The normalized spacial score (nSPS) is 13.3. The van der Waals surface area contributed by atoms with E-state index in [0.717, 1.165) is 22.8 Å². The summed E-state index contributed by atoms with van der Waals surface area (Å²) in [5.74, 6) is 0.841. The lowest BCUT2D eigenvalue weighted by atomic mass is 10.2. The summed E-state index contributed by atoms with van der Waals surface area (Å²) in [7, 11) is 0. The molecule has 0 spiro atoms. The van der Waals surface area contributed by atoms with Crippen molar-refractivity contribution in [2.24, 2.45) is 0 Å². The van der Waals surface area contributed by atoms with E-state index in [2.05, 4.69) is 17.2 Å². The third-order valence-electron chi connectivity index (χ3n) is 3.86. The molecule has 2 aromatic rings. The molecule has 0 fully saturated rings. The quantitative estimate of drug-likeness (QED) is 0.810. The fourth-order valence-corrected chi connectivity index (χ4v) is 3.42. The maximum atomic E-state index is 12.3. The number of nitrogens with one attached hydrogen (secondary N) is 1. The summed E-state index contributed by atoms with van der Waals surface area (Å²) < 4.78 is 5.54. The van der Waals surface area contributed by atoms with E-state index < -0.39 is 0 Å². The van der Waals surface area contributed by atoms with Crippen molar-refractivity contribution in [2.75, 3.05) is 23.8 Å². The third kappa shape index (κ3) is 4.54. The van der Waals surface area contributed by atoms with E-state index in [0.29, 0.717) is 24.6 Å². The average Bonchev–Trinajstić information content (AvgIpc) is 2.68. The molecule has 0 saturated carbocycles. The Kier molecular flexibility index (Phi) is 6.12. The highest BCUT2D eigenvalue weighted by Crippen LogP contribution is 2.32. The summed E-state index contributed by atoms with van der Waals surface area (Å²) >= 11 is 1.40. The van der Waals surface area contributed by atoms with Crippen LogP contribution in [0.1, 0.15) is 18.9 Å². The number of hydrogen-bond acceptors (Lipinski definition) is 5. The number of hydrogen-bond donors (Lipinski definition) is 1. The van der Waals surface area contributed by atoms with Gasteiger partial charge in [0.25, 0.3) is 0 Å². The predicted molar refractivity (Wildman–Crippen MR) is 101 cm³/mol. The molecule has 1 aromatic carbocycles. The molecule has 6 nitrogen and oxygen atoms in total. The number of rotatable bonds is 7. The molecule has 2 heterocycles. The number of pyridine rings is 1. The van der Waals surface area contributed by atoms with Gasteiger partial charge in [0.1, 0.15) is 17.3 Å². The zero-order valence-electron chi connectivity index (χ0n) is 14.6. The number of carbonyl (C=O) groups is 2. The Morgan fingerprint density at radius 1 is 1.31 bits per heavy atom. The number of benzene rings is 1. The third-order valence-corrected chi connectivity index (χ3v) is 4.84. The van der Waals surface area contributed by atoms with Crippen LogP contribution in [-0.4, -0.2) is 35.7 Å². The number of thioether (sulfide) groups is 1. The van der Waals surface area contributed by atoms with Gasteiger partial charge in [0.05, 0.1) is 18.0 Å². The minimum Gasteiger partial charge on any atom is -0.494 e. The smallest absolute Gasteiger partial charge is 0.240 e. The first-order valence-electron chi connectivity index (χ1n) is 8.54. The molecule has 0 atom stereocenters. The lowest BCUT2D eigenvalue weighted by Crippen LogP contribution is -2.43. The summed E-state index contributed by atoms with van der Waals surface area (Å²) in [6.07, 6.45) is 2.65. The van der Waals surface area contributed by atoms with E-state index in [1.165, 1.54) is 16.7 Å². The van der Waals surface area contributed by atoms with Crippen molar-refractivity contribution in [3.8, 4) is 5.75 Å². The molecule has 0 saturated heterocycles. The van der Waals surface area contributed by atoms with Crippen molar-refractivity contribution in [1.82, 2.24) is 10.3 Å². The zero-order chi connectivity index (χ0) is 18.4. The predicted octanol–water partition coefficient (Wildman–Crippen LogP) is 2.63. The SMILES string of the molecule is CCCOc1ccc(CNC(=O)CN2C(=O)CSc3ncccc32)cc1. The van der Waals surface area contributed by atoms with Gasteiger partial charge in [0, 0.05) is 12.7 Å². The van der Waals surface area contributed by atoms with Gasteiger partial charge in [0.15, 0.2) is 0 Å². The van der Waals surface area contributed by atoms with Gasteiger partial charge in [-0.15, -0.1) is 0 Å². The van der Waals surface area contributed by atoms with Crippen LogP contribution in [0.15, 0.2) is 47.6 Å². The molecule has 0 unspecified atom stereocenters. The Bertz CT molecular complexity index is 780. The first kappa shape index (κ1) is 18.3. The summed E-state index contributed by atoms with van der Waals surface area (Å²) in [4.78, 5) is 30.2. The van der Waals surface area contributed by atoms with Gasteiger partial charge in [-0.05, 0) is 36.2 Å². The van der Waals surface area contributed by atoms with Gasteiger partial charge in [0.2, 0.25) is 11.8 Å². The van der Waals surface area contributed by atoms with Crippen LogP contribution in [0.25, 0.3) is 0 Å². The van der Waals surface area contributed by atoms with Gasteiger partial charge in [-0.2, -0.15) is 0 Å². The average molecular weight is 371 g/mol. The number of anilines is 1. The first-order chi connectivity index (χ1) is 12.7. The van der Waals surface area contributed by atoms with Crippen LogP contribution < -0.4 is 15.0 Å². The highest BCUT2D eigenvalue weighted by atomic mass is 32.2. The maximum absolute atomic E-state index is 12.3. The van der Waals surface area contributed by atoms with Crippen molar-refractivity contribution in [1.29, 1.82) is 0 Å². The van der Waals surface area contributed by atoms with Crippen LogP contribution >= 0.6 is 11.8 Å². The largest absolute Gasteiger partial charge is 0.494 e. The molecule has 136 valence electrons. The number of ether oxygens (including phenoxy) is 1. The molecule has 2 amide bonds. The maximum Gasteiger partial charge on any atom is 0.240 e. The minimum absolute atomic E-state index is 0.00419.